The first kappa shape index (κ1) is 29.1. The molecule has 3 aromatic rings. The van der Waals surface area contributed by atoms with E-state index in [4.69, 9.17) is 23.2 Å². The highest BCUT2D eigenvalue weighted by Crippen LogP contribution is 2.28. The largest absolute Gasteiger partial charge is 0.350 e. The second-order valence-corrected chi connectivity index (χ2v) is 12.1. The minimum atomic E-state index is -0.731. The van der Waals surface area contributed by atoms with Crippen molar-refractivity contribution in [2.45, 2.75) is 63.6 Å². The van der Waals surface area contributed by atoms with Gasteiger partial charge in [0.15, 0.2) is 0 Å². The van der Waals surface area contributed by atoms with Crippen LogP contribution in [0.2, 0.25) is 10.0 Å². The number of hydrogen-bond donors (Lipinski definition) is 1. The summed E-state index contributed by atoms with van der Waals surface area (Å²) >= 11 is 14.6. The number of halogens is 2. The number of hydrogen-bond acceptors (Lipinski definition) is 3. The van der Waals surface area contributed by atoms with Crippen LogP contribution in [-0.2, 0) is 22.6 Å². The Labute approximate surface area is 234 Å². The molecule has 0 radical (unpaired) electrons. The van der Waals surface area contributed by atoms with Crippen molar-refractivity contribution in [3.05, 3.63) is 99.5 Å². The van der Waals surface area contributed by atoms with Gasteiger partial charge in [-0.15, -0.1) is 11.8 Å². The topological polar surface area (TPSA) is 49.4 Å². The standard InChI is InChI=1S/C30H34Cl2N2O2S/c1-21-13-15-23(16-14-21)37-18-17-28(35)34(20-24-25(31)11-8-12-26(24)32)27(29(36)33-30(2,3)4)19-22-9-6-5-7-10-22/h5-16,27H,17-20H2,1-4H3,(H,33,36)/t27-/m0/s1. The van der Waals surface area contributed by atoms with Crippen LogP contribution in [0.15, 0.2) is 77.7 Å². The van der Waals surface area contributed by atoms with Crippen LogP contribution in [0, 0.1) is 6.92 Å². The smallest absolute Gasteiger partial charge is 0.243 e. The zero-order valence-corrected chi connectivity index (χ0v) is 24.1. The zero-order valence-electron chi connectivity index (χ0n) is 21.8. The van der Waals surface area contributed by atoms with Crippen molar-refractivity contribution in [1.29, 1.82) is 0 Å². The van der Waals surface area contributed by atoms with Gasteiger partial charge in [0.2, 0.25) is 11.8 Å². The van der Waals surface area contributed by atoms with E-state index in [1.54, 1.807) is 34.9 Å². The monoisotopic (exact) mass is 556 g/mol. The van der Waals surface area contributed by atoms with E-state index in [0.717, 1.165) is 10.5 Å². The third-order valence-corrected chi connectivity index (χ3v) is 7.49. The molecule has 7 heteroatoms. The lowest BCUT2D eigenvalue weighted by Gasteiger charge is -2.34. The number of carbonyl (C=O) groups excluding carboxylic acids is 2. The SMILES string of the molecule is Cc1ccc(SCCC(=O)N(Cc2c(Cl)cccc2Cl)[C@@H](Cc2ccccc2)C(=O)NC(C)(C)C)cc1. The van der Waals surface area contributed by atoms with Crippen LogP contribution in [0.1, 0.15) is 43.9 Å². The lowest BCUT2D eigenvalue weighted by molar-refractivity contribution is -0.141. The lowest BCUT2D eigenvalue weighted by Crippen LogP contribution is -2.54. The second-order valence-electron chi connectivity index (χ2n) is 10.1. The number of thioether (sulfide) groups is 1. The van der Waals surface area contributed by atoms with Gasteiger partial charge in [-0.05, 0) is 57.5 Å². The van der Waals surface area contributed by atoms with Crippen LogP contribution >= 0.6 is 35.0 Å². The molecule has 0 aliphatic carbocycles. The molecule has 37 heavy (non-hydrogen) atoms. The Morgan fingerprint density at radius 1 is 0.919 bits per heavy atom. The summed E-state index contributed by atoms with van der Waals surface area (Å²) < 4.78 is 0. The molecule has 0 aliphatic rings. The van der Waals surface area contributed by atoms with E-state index in [9.17, 15) is 9.59 Å². The fourth-order valence-corrected chi connectivity index (χ4v) is 5.25. The summed E-state index contributed by atoms with van der Waals surface area (Å²) in [6.45, 7) is 7.98. The van der Waals surface area contributed by atoms with Crippen molar-refractivity contribution in [2.75, 3.05) is 5.75 Å². The molecule has 3 rings (SSSR count). The van der Waals surface area contributed by atoms with E-state index in [2.05, 4.69) is 29.6 Å². The molecule has 0 bridgehead atoms. The Hall–Kier alpha value is -2.47. The number of benzene rings is 3. The van der Waals surface area contributed by atoms with E-state index >= 15 is 0 Å². The van der Waals surface area contributed by atoms with Gasteiger partial charge in [-0.1, -0.05) is 77.3 Å². The molecule has 0 unspecified atom stereocenters. The van der Waals surface area contributed by atoms with Gasteiger partial charge in [0.25, 0.3) is 0 Å². The molecule has 2 amide bonds. The van der Waals surface area contributed by atoms with E-state index in [1.165, 1.54) is 5.56 Å². The Bertz CT molecular complexity index is 1170. The summed E-state index contributed by atoms with van der Waals surface area (Å²) in [6, 6.07) is 22.5. The molecule has 0 fully saturated rings. The number of carbonyl (C=O) groups is 2. The predicted molar refractivity (Wildman–Crippen MR) is 155 cm³/mol. The van der Waals surface area contributed by atoms with Crippen LogP contribution in [0.25, 0.3) is 0 Å². The molecular formula is C30H34Cl2N2O2S. The van der Waals surface area contributed by atoms with Gasteiger partial charge >= 0.3 is 0 Å². The van der Waals surface area contributed by atoms with E-state index in [0.29, 0.717) is 27.8 Å². The average molecular weight is 558 g/mol. The van der Waals surface area contributed by atoms with Gasteiger partial charge in [0.1, 0.15) is 6.04 Å². The van der Waals surface area contributed by atoms with Gasteiger partial charge < -0.3 is 10.2 Å². The molecule has 0 heterocycles. The Kier molecular flexibility index (Phi) is 10.5. The van der Waals surface area contributed by atoms with Gasteiger partial charge in [-0.2, -0.15) is 0 Å². The van der Waals surface area contributed by atoms with Crippen molar-refractivity contribution in [2.24, 2.45) is 0 Å². The molecule has 1 N–H and O–H groups in total. The summed E-state index contributed by atoms with van der Waals surface area (Å²) in [5.74, 6) is 0.257. The normalized spacial score (nSPS) is 12.2. The summed E-state index contributed by atoms with van der Waals surface area (Å²) in [6.07, 6.45) is 0.649. The fraction of sp³-hybridized carbons (Fsp3) is 0.333. The van der Waals surface area contributed by atoms with Gasteiger partial charge in [0.05, 0.1) is 0 Å². The Balaban J connectivity index is 1.91. The van der Waals surface area contributed by atoms with Gasteiger partial charge in [0, 0.05) is 51.2 Å². The molecule has 1 atom stereocenters. The number of amides is 2. The molecule has 3 aromatic carbocycles. The summed E-state index contributed by atoms with van der Waals surface area (Å²) in [5, 5.41) is 4.01. The highest BCUT2D eigenvalue weighted by molar-refractivity contribution is 7.99. The van der Waals surface area contributed by atoms with E-state index < -0.39 is 11.6 Å². The summed E-state index contributed by atoms with van der Waals surface area (Å²) in [5.41, 5.74) is 2.34. The van der Waals surface area contributed by atoms with Crippen molar-refractivity contribution < 1.29 is 9.59 Å². The van der Waals surface area contributed by atoms with Crippen molar-refractivity contribution in [3.63, 3.8) is 0 Å². The minimum Gasteiger partial charge on any atom is -0.350 e. The molecule has 0 aromatic heterocycles. The first-order valence-electron chi connectivity index (χ1n) is 12.3. The Morgan fingerprint density at radius 3 is 2.14 bits per heavy atom. The molecule has 4 nitrogen and oxygen atoms in total. The van der Waals surface area contributed by atoms with Crippen LogP contribution in [-0.4, -0.2) is 34.0 Å². The number of nitrogens with one attached hydrogen (secondary N) is 1. The van der Waals surface area contributed by atoms with Crippen LogP contribution < -0.4 is 5.32 Å². The molecular weight excluding hydrogens is 523 g/mol. The second kappa shape index (κ2) is 13.4. The van der Waals surface area contributed by atoms with E-state index in [1.807, 2.05) is 58.0 Å². The third-order valence-electron chi connectivity index (χ3n) is 5.77. The fourth-order valence-electron chi connectivity index (χ4n) is 3.89. The van der Waals surface area contributed by atoms with Gasteiger partial charge in [-0.3, -0.25) is 9.59 Å². The maximum atomic E-state index is 13.8. The minimum absolute atomic E-state index is 0.124. The van der Waals surface area contributed by atoms with Crippen LogP contribution in [0.3, 0.4) is 0 Å². The van der Waals surface area contributed by atoms with Crippen molar-refractivity contribution >= 4 is 46.8 Å². The Morgan fingerprint density at radius 2 is 1.54 bits per heavy atom. The highest BCUT2D eigenvalue weighted by Gasteiger charge is 2.32. The predicted octanol–water partition coefficient (Wildman–Crippen LogP) is 7.34. The molecule has 0 saturated heterocycles. The quantitative estimate of drug-likeness (QED) is 0.266. The first-order chi connectivity index (χ1) is 17.5. The number of rotatable bonds is 10. The highest BCUT2D eigenvalue weighted by atomic mass is 35.5. The van der Waals surface area contributed by atoms with Crippen LogP contribution in [0.5, 0.6) is 0 Å². The van der Waals surface area contributed by atoms with E-state index in [-0.39, 0.29) is 24.8 Å². The van der Waals surface area contributed by atoms with Gasteiger partial charge in [-0.25, -0.2) is 0 Å². The van der Waals surface area contributed by atoms with Crippen molar-refractivity contribution in [1.82, 2.24) is 10.2 Å². The third kappa shape index (κ3) is 9.10. The number of aryl methyl sites for hydroxylation is 1. The molecule has 0 spiro atoms. The average Bonchev–Trinajstić information content (AvgIpc) is 2.83. The van der Waals surface area contributed by atoms with Crippen LogP contribution in [0.4, 0.5) is 0 Å². The van der Waals surface area contributed by atoms with Crippen molar-refractivity contribution in [3.8, 4) is 0 Å². The lowest BCUT2D eigenvalue weighted by atomic mass is 10.0. The summed E-state index contributed by atoms with van der Waals surface area (Å²) in [4.78, 5) is 30.1. The molecule has 196 valence electrons. The molecule has 0 aliphatic heterocycles. The maximum Gasteiger partial charge on any atom is 0.243 e. The summed E-state index contributed by atoms with van der Waals surface area (Å²) in [7, 11) is 0. The first-order valence-corrected chi connectivity index (χ1v) is 14.1. The maximum absolute atomic E-state index is 13.8. The zero-order chi connectivity index (χ0) is 27.0. The number of nitrogens with zero attached hydrogens (tertiary/aromatic N) is 1. The molecule has 0 saturated carbocycles.